The molecule has 1 aliphatic heterocycles. The highest BCUT2D eigenvalue weighted by molar-refractivity contribution is 7.89. The van der Waals surface area contributed by atoms with Crippen LogP contribution in [0, 0.1) is 11.2 Å². The highest BCUT2D eigenvalue weighted by Crippen LogP contribution is 2.39. The summed E-state index contributed by atoms with van der Waals surface area (Å²) in [6.45, 7) is 5.30. The van der Waals surface area contributed by atoms with Gasteiger partial charge < -0.3 is 5.73 Å². The monoisotopic (exact) mass is 314 g/mol. The molecule has 0 saturated carbocycles. The smallest absolute Gasteiger partial charge is 0.243 e. The first-order valence-electron chi connectivity index (χ1n) is 7.40. The average Bonchev–Trinajstić information content (AvgIpc) is 2.50. The summed E-state index contributed by atoms with van der Waals surface area (Å²) in [7, 11) is -3.63. The summed E-state index contributed by atoms with van der Waals surface area (Å²) in [6.07, 6.45) is 3.84. The molecule has 0 atom stereocenters. The molecule has 1 fully saturated rings. The number of benzene rings is 1. The molecule has 0 spiro atoms. The van der Waals surface area contributed by atoms with E-state index in [0.29, 0.717) is 13.1 Å². The van der Waals surface area contributed by atoms with Gasteiger partial charge >= 0.3 is 0 Å². The second-order valence-corrected chi connectivity index (χ2v) is 7.73. The van der Waals surface area contributed by atoms with Crippen LogP contribution in [0.25, 0.3) is 0 Å². The Hall–Kier alpha value is -1.14. The van der Waals surface area contributed by atoms with Gasteiger partial charge in [0.2, 0.25) is 10.0 Å². The first-order valence-corrected chi connectivity index (χ1v) is 8.84. The van der Waals surface area contributed by atoms with Crippen LogP contribution in [-0.2, 0) is 10.0 Å². The van der Waals surface area contributed by atoms with E-state index in [1.807, 2.05) is 0 Å². The van der Waals surface area contributed by atoms with Crippen molar-refractivity contribution in [3.8, 4) is 0 Å². The number of anilines is 1. The zero-order valence-corrected chi connectivity index (χ0v) is 13.4. The molecule has 2 rings (SSSR count). The number of sulfonamides is 1. The van der Waals surface area contributed by atoms with Crippen LogP contribution in [-0.4, -0.2) is 25.8 Å². The van der Waals surface area contributed by atoms with E-state index >= 15 is 0 Å². The highest BCUT2D eigenvalue weighted by atomic mass is 32.2. The highest BCUT2D eigenvalue weighted by Gasteiger charge is 2.36. The van der Waals surface area contributed by atoms with Crippen molar-refractivity contribution in [2.24, 2.45) is 5.41 Å². The lowest BCUT2D eigenvalue weighted by atomic mass is 9.75. The number of rotatable bonds is 4. The number of hydrogen-bond donors (Lipinski definition) is 1. The third-order valence-electron chi connectivity index (χ3n) is 4.89. The fourth-order valence-corrected chi connectivity index (χ4v) is 4.43. The van der Waals surface area contributed by atoms with Crippen molar-refractivity contribution in [3.05, 3.63) is 24.0 Å². The predicted molar refractivity (Wildman–Crippen MR) is 81.8 cm³/mol. The number of nitrogens with two attached hydrogens (primary N) is 1. The quantitative estimate of drug-likeness (QED) is 0.869. The van der Waals surface area contributed by atoms with E-state index in [9.17, 15) is 12.8 Å². The van der Waals surface area contributed by atoms with E-state index in [-0.39, 0.29) is 16.0 Å². The molecule has 0 radical (unpaired) electrons. The van der Waals surface area contributed by atoms with Gasteiger partial charge in [-0.05, 0) is 36.5 Å². The van der Waals surface area contributed by atoms with Gasteiger partial charge in [0, 0.05) is 13.1 Å². The lowest BCUT2D eigenvalue weighted by molar-refractivity contribution is 0.141. The van der Waals surface area contributed by atoms with Gasteiger partial charge in [0.15, 0.2) is 0 Å². The molecule has 1 aromatic rings. The van der Waals surface area contributed by atoms with Crippen molar-refractivity contribution < 1.29 is 12.8 Å². The Morgan fingerprint density at radius 1 is 1.24 bits per heavy atom. The van der Waals surface area contributed by atoms with E-state index in [2.05, 4.69) is 13.8 Å². The maximum atomic E-state index is 13.5. The van der Waals surface area contributed by atoms with Crippen molar-refractivity contribution in [1.82, 2.24) is 4.31 Å². The summed E-state index contributed by atoms with van der Waals surface area (Å²) in [5.41, 5.74) is 5.61. The van der Waals surface area contributed by atoms with Crippen molar-refractivity contribution >= 4 is 15.7 Å². The van der Waals surface area contributed by atoms with E-state index in [1.165, 1.54) is 16.4 Å². The number of piperidine rings is 1. The molecule has 1 saturated heterocycles. The third-order valence-corrected chi connectivity index (χ3v) is 6.79. The van der Waals surface area contributed by atoms with Gasteiger partial charge in [-0.3, -0.25) is 0 Å². The van der Waals surface area contributed by atoms with Crippen molar-refractivity contribution in [2.45, 2.75) is 44.4 Å². The normalized spacial score (nSPS) is 19.6. The van der Waals surface area contributed by atoms with Crippen LogP contribution in [0.1, 0.15) is 39.5 Å². The van der Waals surface area contributed by atoms with Crippen LogP contribution < -0.4 is 5.73 Å². The van der Waals surface area contributed by atoms with Crippen molar-refractivity contribution in [3.63, 3.8) is 0 Å². The van der Waals surface area contributed by atoms with E-state index < -0.39 is 15.8 Å². The Kier molecular flexibility index (Phi) is 4.58. The summed E-state index contributed by atoms with van der Waals surface area (Å²) in [6, 6.07) is 3.68. The number of halogens is 1. The molecule has 0 amide bonds. The molecule has 21 heavy (non-hydrogen) atoms. The summed E-state index contributed by atoms with van der Waals surface area (Å²) < 4.78 is 40.1. The van der Waals surface area contributed by atoms with Crippen LogP contribution in [0.3, 0.4) is 0 Å². The summed E-state index contributed by atoms with van der Waals surface area (Å²) in [5.74, 6) is -0.690. The number of hydrogen-bond acceptors (Lipinski definition) is 3. The fourth-order valence-electron chi connectivity index (χ4n) is 2.98. The van der Waals surface area contributed by atoms with Gasteiger partial charge in [0.1, 0.15) is 5.82 Å². The molecule has 118 valence electrons. The first kappa shape index (κ1) is 16.2. The molecular formula is C15H23FN2O2S. The molecule has 2 N–H and O–H groups in total. The molecule has 0 unspecified atom stereocenters. The lowest BCUT2D eigenvalue weighted by Gasteiger charge is -2.40. The summed E-state index contributed by atoms with van der Waals surface area (Å²) in [5, 5.41) is 0. The molecule has 0 bridgehead atoms. The Morgan fingerprint density at radius 2 is 1.81 bits per heavy atom. The minimum atomic E-state index is -3.63. The zero-order chi connectivity index (χ0) is 15.7. The van der Waals surface area contributed by atoms with Crippen molar-refractivity contribution in [1.29, 1.82) is 0 Å². The second kappa shape index (κ2) is 5.93. The maximum Gasteiger partial charge on any atom is 0.243 e. The Morgan fingerprint density at radius 3 is 2.29 bits per heavy atom. The number of nitrogen functional groups attached to an aromatic ring is 1. The fraction of sp³-hybridized carbons (Fsp3) is 0.600. The Balaban J connectivity index is 2.20. The predicted octanol–water partition coefficient (Wildman–Crippen LogP) is 3.00. The van der Waals surface area contributed by atoms with Crippen LogP contribution in [0.2, 0.25) is 0 Å². The van der Waals surface area contributed by atoms with E-state index in [4.69, 9.17) is 5.73 Å². The van der Waals surface area contributed by atoms with Gasteiger partial charge in [-0.1, -0.05) is 26.7 Å². The molecular weight excluding hydrogens is 291 g/mol. The summed E-state index contributed by atoms with van der Waals surface area (Å²) >= 11 is 0. The Labute approximate surface area is 126 Å². The van der Waals surface area contributed by atoms with Crippen LogP contribution >= 0.6 is 0 Å². The summed E-state index contributed by atoms with van der Waals surface area (Å²) in [4.78, 5) is -0.0188. The van der Waals surface area contributed by atoms with E-state index in [1.54, 1.807) is 0 Å². The van der Waals surface area contributed by atoms with Crippen molar-refractivity contribution in [2.75, 3.05) is 18.8 Å². The molecule has 1 aromatic carbocycles. The van der Waals surface area contributed by atoms with Gasteiger partial charge in [-0.25, -0.2) is 12.8 Å². The van der Waals surface area contributed by atoms with E-state index in [0.717, 1.165) is 31.7 Å². The lowest BCUT2D eigenvalue weighted by Crippen LogP contribution is -2.42. The average molecular weight is 314 g/mol. The molecule has 6 heteroatoms. The van der Waals surface area contributed by atoms with Gasteiger partial charge in [-0.15, -0.1) is 0 Å². The minimum absolute atomic E-state index is 0.0188. The molecule has 1 aliphatic rings. The molecule has 0 aliphatic carbocycles. The Bertz CT molecular complexity index is 602. The van der Waals surface area contributed by atoms with Crippen LogP contribution in [0.5, 0.6) is 0 Å². The maximum absolute atomic E-state index is 13.5. The minimum Gasteiger partial charge on any atom is -0.396 e. The molecule has 4 nitrogen and oxygen atoms in total. The largest absolute Gasteiger partial charge is 0.396 e. The first-order chi connectivity index (χ1) is 9.84. The molecule has 1 heterocycles. The van der Waals surface area contributed by atoms with Gasteiger partial charge in [-0.2, -0.15) is 4.31 Å². The zero-order valence-electron chi connectivity index (χ0n) is 12.6. The standard InChI is InChI=1S/C15H23FN2O2S/c1-3-15(4-2)7-9-18(10-8-15)21(19,20)12-5-6-14(17)13(16)11-12/h5-6,11H,3-4,7-10,17H2,1-2H3. The number of nitrogens with zero attached hydrogens (tertiary/aromatic N) is 1. The van der Waals surface area contributed by atoms with Gasteiger partial charge in [0.25, 0.3) is 0 Å². The molecule has 0 aromatic heterocycles. The van der Waals surface area contributed by atoms with Gasteiger partial charge in [0.05, 0.1) is 10.6 Å². The SMILES string of the molecule is CCC1(CC)CCN(S(=O)(=O)c2ccc(N)c(F)c2)CC1. The van der Waals surface area contributed by atoms with Crippen LogP contribution in [0.4, 0.5) is 10.1 Å². The third kappa shape index (κ3) is 3.06. The van der Waals surface area contributed by atoms with Crippen LogP contribution in [0.15, 0.2) is 23.1 Å². The topological polar surface area (TPSA) is 63.4 Å². The second-order valence-electron chi connectivity index (χ2n) is 5.79.